The Morgan fingerprint density at radius 3 is 2.78 bits per heavy atom. The van der Waals surface area contributed by atoms with E-state index in [1.54, 1.807) is 29.7 Å². The van der Waals surface area contributed by atoms with Crippen molar-refractivity contribution in [3.05, 3.63) is 57.9 Å². The smallest absolute Gasteiger partial charge is 0.314 e. The number of nitrogens with one attached hydrogen (secondary N) is 2. The van der Waals surface area contributed by atoms with E-state index >= 15 is 0 Å². The Labute approximate surface area is 114 Å². The van der Waals surface area contributed by atoms with Gasteiger partial charge in [0.25, 0.3) is 0 Å². The van der Waals surface area contributed by atoms with E-state index in [1.165, 1.54) is 0 Å². The number of hydrogen-bond donors (Lipinski definition) is 2. The van der Waals surface area contributed by atoms with Crippen molar-refractivity contribution in [1.29, 1.82) is 0 Å². The zero-order chi connectivity index (χ0) is 12.8. The van der Waals surface area contributed by atoms with E-state index in [2.05, 4.69) is 10.6 Å². The van der Waals surface area contributed by atoms with Crippen molar-refractivity contribution in [2.24, 2.45) is 0 Å². The van der Waals surface area contributed by atoms with Crippen LogP contribution in [0.25, 0.3) is 6.08 Å². The summed E-state index contributed by atoms with van der Waals surface area (Å²) in [6.45, 7) is 0. The number of carbonyl (C=O) groups is 1. The molecule has 0 aliphatic rings. The molecule has 2 aromatic rings. The zero-order valence-electron chi connectivity index (χ0n) is 9.39. The molecule has 1 aromatic heterocycles. The lowest BCUT2D eigenvalue weighted by Gasteiger charge is -2.05. The van der Waals surface area contributed by atoms with Crippen LogP contribution >= 0.6 is 22.9 Å². The number of anilines is 1. The highest BCUT2D eigenvalue weighted by Gasteiger charge is 2.02. The summed E-state index contributed by atoms with van der Waals surface area (Å²) in [6.07, 6.45) is 3.43. The summed E-state index contributed by atoms with van der Waals surface area (Å²) in [6, 6.07) is 10.7. The van der Waals surface area contributed by atoms with Crippen molar-refractivity contribution in [3.8, 4) is 0 Å². The van der Waals surface area contributed by atoms with Crippen molar-refractivity contribution in [1.82, 2.24) is 5.32 Å². The summed E-state index contributed by atoms with van der Waals surface area (Å²) in [7, 11) is 0. The molecule has 0 saturated carbocycles. The molecule has 2 rings (SSSR count). The van der Waals surface area contributed by atoms with Gasteiger partial charge in [0.2, 0.25) is 0 Å². The fourth-order valence-corrected chi connectivity index (χ4v) is 2.11. The molecule has 3 nitrogen and oxygen atoms in total. The normalized spacial score (nSPS) is 10.5. The molecule has 0 bridgehead atoms. The number of thiophene rings is 1. The van der Waals surface area contributed by atoms with Gasteiger partial charge in [-0.15, -0.1) is 11.3 Å². The van der Waals surface area contributed by atoms with Gasteiger partial charge in [0.15, 0.2) is 0 Å². The molecule has 1 heterocycles. The summed E-state index contributed by atoms with van der Waals surface area (Å²) in [5.74, 6) is 0. The lowest BCUT2D eigenvalue weighted by Crippen LogP contribution is -2.23. The van der Waals surface area contributed by atoms with Crippen LogP contribution in [0.4, 0.5) is 10.5 Å². The second kappa shape index (κ2) is 6.23. The highest BCUT2D eigenvalue weighted by Crippen LogP contribution is 2.20. The number of amides is 2. The van der Waals surface area contributed by atoms with Gasteiger partial charge in [-0.3, -0.25) is 0 Å². The van der Waals surface area contributed by atoms with Gasteiger partial charge >= 0.3 is 6.03 Å². The van der Waals surface area contributed by atoms with Gasteiger partial charge in [-0.05, 0) is 29.7 Å². The molecule has 0 unspecified atom stereocenters. The Kier molecular flexibility index (Phi) is 4.39. The molecule has 0 spiro atoms. The molecular weight excluding hydrogens is 268 g/mol. The maximum Gasteiger partial charge on any atom is 0.323 e. The van der Waals surface area contributed by atoms with Gasteiger partial charge in [-0.2, -0.15) is 0 Å². The predicted octanol–water partition coefficient (Wildman–Crippen LogP) is 4.19. The predicted molar refractivity (Wildman–Crippen MR) is 77.0 cm³/mol. The van der Waals surface area contributed by atoms with Crippen LogP contribution < -0.4 is 10.6 Å². The molecule has 0 aliphatic heterocycles. The van der Waals surface area contributed by atoms with Crippen LogP contribution in [0, 0.1) is 0 Å². The van der Waals surface area contributed by atoms with Crippen LogP contribution in [-0.2, 0) is 0 Å². The zero-order valence-corrected chi connectivity index (χ0v) is 11.0. The molecular formula is C13H11ClN2OS. The molecule has 0 atom stereocenters. The molecule has 0 radical (unpaired) electrons. The van der Waals surface area contributed by atoms with E-state index in [-0.39, 0.29) is 6.03 Å². The van der Waals surface area contributed by atoms with Crippen molar-refractivity contribution >= 4 is 40.7 Å². The molecule has 18 heavy (non-hydrogen) atoms. The van der Waals surface area contributed by atoms with E-state index in [0.29, 0.717) is 10.7 Å². The maximum absolute atomic E-state index is 11.6. The van der Waals surface area contributed by atoms with Crippen molar-refractivity contribution < 1.29 is 4.79 Å². The van der Waals surface area contributed by atoms with Crippen LogP contribution in [0.5, 0.6) is 0 Å². The first kappa shape index (κ1) is 12.7. The van der Waals surface area contributed by atoms with E-state index < -0.39 is 0 Å². The van der Waals surface area contributed by atoms with E-state index in [1.807, 2.05) is 35.7 Å². The molecule has 2 N–H and O–H groups in total. The van der Waals surface area contributed by atoms with E-state index in [0.717, 1.165) is 4.88 Å². The number of rotatable bonds is 3. The van der Waals surface area contributed by atoms with Gasteiger partial charge in [0.1, 0.15) is 0 Å². The van der Waals surface area contributed by atoms with Gasteiger partial charge in [0.05, 0.1) is 10.7 Å². The second-order valence-electron chi connectivity index (χ2n) is 3.43. The minimum atomic E-state index is -0.323. The Morgan fingerprint density at radius 2 is 2.06 bits per heavy atom. The largest absolute Gasteiger partial charge is 0.323 e. The molecule has 0 fully saturated rings. The summed E-state index contributed by atoms with van der Waals surface area (Å²) in [5, 5.41) is 7.76. The van der Waals surface area contributed by atoms with Crippen LogP contribution in [0.15, 0.2) is 48.0 Å². The number of hydrogen-bond acceptors (Lipinski definition) is 2. The number of benzene rings is 1. The summed E-state index contributed by atoms with van der Waals surface area (Å²) >= 11 is 7.53. The Morgan fingerprint density at radius 1 is 1.22 bits per heavy atom. The van der Waals surface area contributed by atoms with Crippen LogP contribution in [-0.4, -0.2) is 6.03 Å². The van der Waals surface area contributed by atoms with Crippen molar-refractivity contribution in [2.75, 3.05) is 5.32 Å². The third-order valence-electron chi connectivity index (χ3n) is 2.13. The second-order valence-corrected chi connectivity index (χ2v) is 4.81. The minimum absolute atomic E-state index is 0.323. The van der Waals surface area contributed by atoms with Gasteiger partial charge < -0.3 is 10.6 Å². The monoisotopic (exact) mass is 278 g/mol. The summed E-state index contributed by atoms with van der Waals surface area (Å²) < 4.78 is 0. The Balaban J connectivity index is 1.88. The van der Waals surface area contributed by atoms with Gasteiger partial charge in [-0.1, -0.05) is 29.8 Å². The van der Waals surface area contributed by atoms with E-state index in [9.17, 15) is 4.79 Å². The SMILES string of the molecule is O=C(NC=Cc1cccs1)Nc1ccccc1Cl. The number of urea groups is 1. The number of carbonyl (C=O) groups excluding carboxylic acids is 1. The standard InChI is InChI=1S/C13H11ClN2OS/c14-11-5-1-2-6-12(11)16-13(17)15-8-7-10-4-3-9-18-10/h1-9H,(H2,15,16,17). The fourth-order valence-electron chi connectivity index (χ4n) is 1.31. The van der Waals surface area contributed by atoms with Crippen LogP contribution in [0.1, 0.15) is 4.88 Å². The van der Waals surface area contributed by atoms with Crippen molar-refractivity contribution in [3.63, 3.8) is 0 Å². The quantitative estimate of drug-likeness (QED) is 0.868. The van der Waals surface area contributed by atoms with Crippen LogP contribution in [0.3, 0.4) is 0 Å². The third kappa shape index (κ3) is 3.61. The third-order valence-corrected chi connectivity index (χ3v) is 3.29. The fraction of sp³-hybridized carbons (Fsp3) is 0. The highest BCUT2D eigenvalue weighted by molar-refractivity contribution is 7.10. The Bertz CT molecular complexity index is 552. The van der Waals surface area contributed by atoms with Crippen molar-refractivity contribution in [2.45, 2.75) is 0 Å². The first-order chi connectivity index (χ1) is 8.75. The summed E-state index contributed by atoms with van der Waals surface area (Å²) in [4.78, 5) is 12.6. The lowest BCUT2D eigenvalue weighted by molar-refractivity contribution is 0.255. The average Bonchev–Trinajstić information content (AvgIpc) is 2.85. The van der Waals surface area contributed by atoms with E-state index in [4.69, 9.17) is 11.6 Å². The molecule has 2 amide bonds. The maximum atomic E-state index is 11.6. The Hall–Kier alpha value is -1.78. The van der Waals surface area contributed by atoms with Gasteiger partial charge in [0, 0.05) is 11.1 Å². The molecule has 0 saturated heterocycles. The lowest BCUT2D eigenvalue weighted by atomic mass is 10.3. The molecule has 5 heteroatoms. The minimum Gasteiger partial charge on any atom is -0.314 e. The number of halogens is 1. The molecule has 92 valence electrons. The van der Waals surface area contributed by atoms with Gasteiger partial charge in [-0.25, -0.2) is 4.79 Å². The number of para-hydroxylation sites is 1. The topological polar surface area (TPSA) is 41.1 Å². The van der Waals surface area contributed by atoms with Crippen LogP contribution in [0.2, 0.25) is 5.02 Å². The first-order valence-electron chi connectivity index (χ1n) is 5.28. The molecule has 1 aromatic carbocycles. The molecule has 0 aliphatic carbocycles. The highest BCUT2D eigenvalue weighted by atomic mass is 35.5. The first-order valence-corrected chi connectivity index (χ1v) is 6.53. The summed E-state index contributed by atoms with van der Waals surface area (Å²) in [5.41, 5.74) is 0.584. The average molecular weight is 279 g/mol.